The molecule has 1 aromatic heterocycles. The molecular formula is C18H24N2O2S. The molecule has 5 heteroatoms. The van der Waals surface area contributed by atoms with E-state index in [1.54, 1.807) is 25.6 Å². The van der Waals surface area contributed by atoms with Crippen molar-refractivity contribution < 1.29 is 9.47 Å². The zero-order chi connectivity index (χ0) is 16.1. The Hall–Kier alpha value is -1.56. The number of para-hydroxylation sites is 1. The average Bonchev–Trinajstić information content (AvgIpc) is 2.98. The highest BCUT2D eigenvalue weighted by Gasteiger charge is 2.27. The van der Waals surface area contributed by atoms with Gasteiger partial charge in [-0.15, -0.1) is 0 Å². The third-order valence-corrected chi connectivity index (χ3v) is 5.03. The molecule has 0 spiro atoms. The number of nitrogens with one attached hydrogen (secondary N) is 1. The van der Waals surface area contributed by atoms with Crippen LogP contribution < -0.4 is 14.8 Å². The fourth-order valence-electron chi connectivity index (χ4n) is 3.27. The molecule has 1 N–H and O–H groups in total. The molecule has 0 amide bonds. The highest BCUT2D eigenvalue weighted by atomic mass is 32.1. The van der Waals surface area contributed by atoms with Gasteiger partial charge in [0.05, 0.1) is 20.3 Å². The Bertz CT molecular complexity index is 607. The molecule has 124 valence electrons. The highest BCUT2D eigenvalue weighted by molar-refractivity contribution is 7.08. The van der Waals surface area contributed by atoms with Crippen LogP contribution >= 0.6 is 11.3 Å². The van der Waals surface area contributed by atoms with Gasteiger partial charge in [0, 0.05) is 25.2 Å². The smallest absolute Gasteiger partial charge is 0.165 e. The van der Waals surface area contributed by atoms with Gasteiger partial charge in [0.15, 0.2) is 11.5 Å². The van der Waals surface area contributed by atoms with Crippen LogP contribution in [0.2, 0.25) is 0 Å². The largest absolute Gasteiger partial charge is 0.493 e. The summed E-state index contributed by atoms with van der Waals surface area (Å²) < 4.78 is 11.2. The summed E-state index contributed by atoms with van der Waals surface area (Å²) in [5.74, 6) is 1.63. The molecule has 3 rings (SSSR count). The maximum Gasteiger partial charge on any atom is 0.165 e. The number of hydrogen-bond donors (Lipinski definition) is 1. The van der Waals surface area contributed by atoms with E-state index in [0.29, 0.717) is 0 Å². The van der Waals surface area contributed by atoms with Crippen LogP contribution in [0.3, 0.4) is 0 Å². The van der Waals surface area contributed by atoms with E-state index in [0.717, 1.165) is 44.1 Å². The van der Waals surface area contributed by atoms with E-state index in [2.05, 4.69) is 33.1 Å². The normalized spacial score (nSPS) is 17.5. The Morgan fingerprint density at radius 3 is 2.78 bits per heavy atom. The summed E-state index contributed by atoms with van der Waals surface area (Å²) >= 11 is 1.74. The summed E-state index contributed by atoms with van der Waals surface area (Å²) in [7, 11) is 3.41. The second-order valence-electron chi connectivity index (χ2n) is 5.68. The lowest BCUT2D eigenvalue weighted by Gasteiger charge is -2.31. The number of methoxy groups -OCH3 is 2. The van der Waals surface area contributed by atoms with Crippen molar-refractivity contribution in [2.45, 2.75) is 12.5 Å². The molecule has 2 aromatic rings. The van der Waals surface area contributed by atoms with Crippen molar-refractivity contribution >= 4 is 11.3 Å². The van der Waals surface area contributed by atoms with E-state index in [1.807, 2.05) is 12.1 Å². The summed E-state index contributed by atoms with van der Waals surface area (Å²) in [5, 5.41) is 7.87. The van der Waals surface area contributed by atoms with Crippen LogP contribution in [-0.4, -0.2) is 45.3 Å². The predicted molar refractivity (Wildman–Crippen MR) is 94.8 cm³/mol. The maximum absolute atomic E-state index is 5.70. The van der Waals surface area contributed by atoms with Crippen LogP contribution in [0.5, 0.6) is 11.5 Å². The first-order valence-electron chi connectivity index (χ1n) is 8.03. The third-order valence-electron chi connectivity index (χ3n) is 4.33. The Morgan fingerprint density at radius 1 is 1.13 bits per heavy atom. The molecule has 0 saturated carbocycles. The topological polar surface area (TPSA) is 33.7 Å². The van der Waals surface area contributed by atoms with Crippen molar-refractivity contribution in [2.24, 2.45) is 0 Å². The summed E-state index contributed by atoms with van der Waals surface area (Å²) in [5.41, 5.74) is 2.50. The molecule has 1 saturated heterocycles. The molecule has 0 bridgehead atoms. The van der Waals surface area contributed by atoms with Crippen LogP contribution in [-0.2, 0) is 0 Å². The van der Waals surface area contributed by atoms with Gasteiger partial charge in [-0.1, -0.05) is 12.1 Å². The number of thiophene rings is 1. The molecule has 23 heavy (non-hydrogen) atoms. The minimum Gasteiger partial charge on any atom is -0.493 e. The molecule has 0 radical (unpaired) electrons. The molecular weight excluding hydrogens is 308 g/mol. The zero-order valence-corrected chi connectivity index (χ0v) is 14.6. The lowest BCUT2D eigenvalue weighted by molar-refractivity contribution is 0.235. The van der Waals surface area contributed by atoms with Crippen molar-refractivity contribution in [3.8, 4) is 11.5 Å². The fourth-order valence-corrected chi connectivity index (χ4v) is 3.95. The van der Waals surface area contributed by atoms with E-state index >= 15 is 0 Å². The summed E-state index contributed by atoms with van der Waals surface area (Å²) in [6.07, 6.45) is 1.16. The van der Waals surface area contributed by atoms with Crippen molar-refractivity contribution in [1.29, 1.82) is 0 Å². The van der Waals surface area contributed by atoms with Crippen molar-refractivity contribution in [3.63, 3.8) is 0 Å². The Kier molecular flexibility index (Phi) is 5.54. The van der Waals surface area contributed by atoms with Gasteiger partial charge in [0.2, 0.25) is 0 Å². The van der Waals surface area contributed by atoms with E-state index in [9.17, 15) is 0 Å². The molecule has 1 aliphatic heterocycles. The number of hydrogen-bond acceptors (Lipinski definition) is 5. The Morgan fingerprint density at radius 2 is 2.04 bits per heavy atom. The van der Waals surface area contributed by atoms with Gasteiger partial charge in [0.25, 0.3) is 0 Å². The van der Waals surface area contributed by atoms with E-state index < -0.39 is 0 Å². The highest BCUT2D eigenvalue weighted by Crippen LogP contribution is 2.40. The van der Waals surface area contributed by atoms with Gasteiger partial charge < -0.3 is 14.8 Å². The number of nitrogens with zero attached hydrogens (tertiary/aromatic N) is 1. The fraction of sp³-hybridized carbons (Fsp3) is 0.444. The van der Waals surface area contributed by atoms with Gasteiger partial charge in [-0.3, -0.25) is 4.90 Å². The van der Waals surface area contributed by atoms with Crippen molar-refractivity contribution in [2.75, 3.05) is 40.4 Å². The minimum atomic E-state index is 0.200. The summed E-state index contributed by atoms with van der Waals surface area (Å²) in [4.78, 5) is 2.54. The second kappa shape index (κ2) is 7.81. The number of ether oxygens (including phenoxy) is 2. The first-order chi connectivity index (χ1) is 11.3. The first-order valence-corrected chi connectivity index (χ1v) is 8.97. The first kappa shape index (κ1) is 16.3. The summed E-state index contributed by atoms with van der Waals surface area (Å²) in [6.45, 7) is 4.21. The van der Waals surface area contributed by atoms with Gasteiger partial charge in [-0.2, -0.15) is 11.3 Å². The van der Waals surface area contributed by atoms with Crippen LogP contribution in [0.15, 0.2) is 35.0 Å². The monoisotopic (exact) mass is 332 g/mol. The average molecular weight is 332 g/mol. The lowest BCUT2D eigenvalue weighted by Crippen LogP contribution is -2.33. The molecule has 1 fully saturated rings. The molecule has 4 nitrogen and oxygen atoms in total. The van der Waals surface area contributed by atoms with E-state index in [4.69, 9.17) is 9.47 Å². The second-order valence-corrected chi connectivity index (χ2v) is 6.46. The summed E-state index contributed by atoms with van der Waals surface area (Å²) in [6, 6.07) is 8.57. The molecule has 1 unspecified atom stereocenters. The van der Waals surface area contributed by atoms with E-state index in [1.165, 1.54) is 11.1 Å². The molecule has 1 aliphatic rings. The molecule has 1 atom stereocenters. The SMILES string of the molecule is COc1cccc(C(c2ccsc2)N2CCCNCC2)c1OC. The Balaban J connectivity index is 2.05. The molecule has 0 aliphatic carbocycles. The van der Waals surface area contributed by atoms with Gasteiger partial charge in [-0.05, 0) is 41.4 Å². The van der Waals surface area contributed by atoms with Gasteiger partial charge >= 0.3 is 0 Å². The van der Waals surface area contributed by atoms with Gasteiger partial charge in [-0.25, -0.2) is 0 Å². The molecule has 1 aromatic carbocycles. The Labute approximate surface area is 142 Å². The minimum absolute atomic E-state index is 0.200. The standard InChI is InChI=1S/C18H24N2O2S/c1-21-16-6-3-5-15(18(16)22-2)17(14-7-12-23-13-14)20-10-4-8-19-9-11-20/h3,5-7,12-13,17,19H,4,8-11H2,1-2H3. The third kappa shape index (κ3) is 3.52. The maximum atomic E-state index is 5.70. The van der Waals surface area contributed by atoms with Crippen LogP contribution in [0.25, 0.3) is 0 Å². The van der Waals surface area contributed by atoms with Crippen LogP contribution in [0.4, 0.5) is 0 Å². The quantitative estimate of drug-likeness (QED) is 0.912. The van der Waals surface area contributed by atoms with Crippen LogP contribution in [0.1, 0.15) is 23.6 Å². The van der Waals surface area contributed by atoms with E-state index in [-0.39, 0.29) is 6.04 Å². The molecule has 2 heterocycles. The van der Waals surface area contributed by atoms with Crippen LogP contribution in [0, 0.1) is 0 Å². The van der Waals surface area contributed by atoms with Gasteiger partial charge in [0.1, 0.15) is 0 Å². The number of rotatable bonds is 5. The number of benzene rings is 1. The predicted octanol–water partition coefficient (Wildman–Crippen LogP) is 3.15. The van der Waals surface area contributed by atoms with Crippen molar-refractivity contribution in [3.05, 3.63) is 46.2 Å². The zero-order valence-electron chi connectivity index (χ0n) is 13.7. The lowest BCUT2D eigenvalue weighted by atomic mass is 9.97. The van der Waals surface area contributed by atoms with Crippen molar-refractivity contribution in [1.82, 2.24) is 10.2 Å².